The van der Waals surface area contributed by atoms with Crippen molar-refractivity contribution in [2.24, 2.45) is 5.92 Å². The molecule has 1 atom stereocenters. The van der Waals surface area contributed by atoms with Crippen molar-refractivity contribution in [3.8, 4) is 0 Å². The Bertz CT molecular complexity index is 500. The number of aryl methyl sites for hydroxylation is 1. The smallest absolute Gasteiger partial charge is 0.234 e. The molecule has 0 spiro atoms. The molecule has 1 aliphatic heterocycles. The molecule has 1 saturated heterocycles. The SMILES string of the molecule is Cc1ccc(C(CNC(=O)CNCC2CC2)N2CCCC2)o1.Cl.Cl. The van der Waals surface area contributed by atoms with E-state index in [1.54, 1.807) is 0 Å². The molecule has 5 nitrogen and oxygen atoms in total. The molecule has 0 radical (unpaired) electrons. The summed E-state index contributed by atoms with van der Waals surface area (Å²) in [5, 5.41) is 6.29. The highest BCUT2D eigenvalue weighted by Gasteiger charge is 2.26. The lowest BCUT2D eigenvalue weighted by molar-refractivity contribution is -0.120. The number of amides is 1. The summed E-state index contributed by atoms with van der Waals surface area (Å²) in [7, 11) is 0. The van der Waals surface area contributed by atoms with E-state index in [1.807, 2.05) is 19.1 Å². The third kappa shape index (κ3) is 6.28. The van der Waals surface area contributed by atoms with Crippen LogP contribution in [0.4, 0.5) is 0 Å². The maximum absolute atomic E-state index is 12.0. The van der Waals surface area contributed by atoms with Gasteiger partial charge >= 0.3 is 0 Å². The largest absolute Gasteiger partial charge is 0.465 e. The van der Waals surface area contributed by atoms with Gasteiger partial charge in [-0.05, 0) is 70.3 Å². The maximum atomic E-state index is 12.0. The Morgan fingerprint density at radius 1 is 1.29 bits per heavy atom. The lowest BCUT2D eigenvalue weighted by Gasteiger charge is -2.26. The molecule has 1 unspecified atom stereocenters. The van der Waals surface area contributed by atoms with Crippen LogP contribution in [0.2, 0.25) is 0 Å². The molecular formula is C17H29Cl2N3O2. The summed E-state index contributed by atoms with van der Waals surface area (Å²) in [5.41, 5.74) is 0. The fourth-order valence-electron chi connectivity index (χ4n) is 3.08. The predicted octanol–water partition coefficient (Wildman–Crippen LogP) is 2.68. The first-order valence-electron chi connectivity index (χ1n) is 8.50. The van der Waals surface area contributed by atoms with Gasteiger partial charge in [-0.1, -0.05) is 0 Å². The Morgan fingerprint density at radius 2 is 2.00 bits per heavy atom. The number of nitrogens with one attached hydrogen (secondary N) is 2. The second-order valence-corrected chi connectivity index (χ2v) is 6.59. The van der Waals surface area contributed by atoms with Crippen LogP contribution in [0.3, 0.4) is 0 Å². The van der Waals surface area contributed by atoms with Crippen molar-refractivity contribution in [2.45, 2.75) is 38.6 Å². The van der Waals surface area contributed by atoms with Crippen LogP contribution in [0.5, 0.6) is 0 Å². The van der Waals surface area contributed by atoms with Crippen molar-refractivity contribution < 1.29 is 9.21 Å². The van der Waals surface area contributed by atoms with Gasteiger partial charge in [0, 0.05) is 6.54 Å². The van der Waals surface area contributed by atoms with Gasteiger partial charge in [0.1, 0.15) is 11.5 Å². The second-order valence-electron chi connectivity index (χ2n) is 6.59. The molecule has 138 valence electrons. The molecule has 0 aromatic carbocycles. The number of hydrogen-bond acceptors (Lipinski definition) is 4. The summed E-state index contributed by atoms with van der Waals surface area (Å²) in [4.78, 5) is 14.4. The van der Waals surface area contributed by atoms with Gasteiger partial charge in [0.2, 0.25) is 5.91 Å². The average Bonchev–Trinajstić information content (AvgIpc) is 2.99. The van der Waals surface area contributed by atoms with Gasteiger partial charge in [0.15, 0.2) is 0 Å². The molecule has 24 heavy (non-hydrogen) atoms. The maximum Gasteiger partial charge on any atom is 0.234 e. The first kappa shape index (κ1) is 21.3. The second kappa shape index (κ2) is 10.3. The molecule has 1 aromatic heterocycles. The molecule has 1 amide bonds. The normalized spacial score (nSPS) is 18.5. The van der Waals surface area contributed by atoms with Crippen LogP contribution in [-0.4, -0.2) is 43.5 Å². The van der Waals surface area contributed by atoms with Crippen LogP contribution in [0.25, 0.3) is 0 Å². The van der Waals surface area contributed by atoms with Gasteiger partial charge in [-0.15, -0.1) is 24.8 Å². The van der Waals surface area contributed by atoms with Gasteiger partial charge in [-0.3, -0.25) is 9.69 Å². The minimum atomic E-state index is 0. The third-order valence-electron chi connectivity index (χ3n) is 4.58. The molecule has 1 aromatic rings. The molecule has 7 heteroatoms. The zero-order chi connectivity index (χ0) is 15.4. The van der Waals surface area contributed by atoms with E-state index in [9.17, 15) is 4.79 Å². The van der Waals surface area contributed by atoms with E-state index < -0.39 is 0 Å². The van der Waals surface area contributed by atoms with Crippen molar-refractivity contribution >= 4 is 30.7 Å². The number of furan rings is 1. The van der Waals surface area contributed by atoms with Crippen LogP contribution in [0, 0.1) is 12.8 Å². The number of carbonyl (C=O) groups excluding carboxylic acids is 1. The van der Waals surface area contributed by atoms with E-state index in [4.69, 9.17) is 4.42 Å². The first-order chi connectivity index (χ1) is 10.7. The van der Waals surface area contributed by atoms with Crippen LogP contribution < -0.4 is 10.6 Å². The molecule has 1 saturated carbocycles. The lowest BCUT2D eigenvalue weighted by Crippen LogP contribution is -2.40. The highest BCUT2D eigenvalue weighted by Crippen LogP contribution is 2.27. The highest BCUT2D eigenvalue weighted by atomic mass is 35.5. The fourth-order valence-corrected chi connectivity index (χ4v) is 3.08. The number of halogens is 2. The van der Waals surface area contributed by atoms with E-state index in [0.717, 1.165) is 37.1 Å². The summed E-state index contributed by atoms with van der Waals surface area (Å²) < 4.78 is 5.80. The van der Waals surface area contributed by atoms with E-state index >= 15 is 0 Å². The van der Waals surface area contributed by atoms with Crippen molar-refractivity contribution in [1.29, 1.82) is 0 Å². The highest BCUT2D eigenvalue weighted by molar-refractivity contribution is 5.85. The number of hydrogen-bond donors (Lipinski definition) is 2. The van der Waals surface area contributed by atoms with Gasteiger partial charge in [0.05, 0.1) is 12.6 Å². The van der Waals surface area contributed by atoms with Crippen LogP contribution in [0.1, 0.15) is 43.2 Å². The van der Waals surface area contributed by atoms with E-state index in [1.165, 1.54) is 25.7 Å². The van der Waals surface area contributed by atoms with Crippen LogP contribution in [0.15, 0.2) is 16.5 Å². The lowest BCUT2D eigenvalue weighted by atomic mass is 10.2. The molecule has 2 fully saturated rings. The van der Waals surface area contributed by atoms with Gasteiger partial charge in [-0.25, -0.2) is 0 Å². The number of nitrogens with zero attached hydrogens (tertiary/aromatic N) is 1. The zero-order valence-corrected chi connectivity index (χ0v) is 15.9. The van der Waals surface area contributed by atoms with Crippen molar-refractivity contribution in [3.63, 3.8) is 0 Å². The summed E-state index contributed by atoms with van der Waals surface area (Å²) in [6, 6.07) is 4.19. The first-order valence-corrected chi connectivity index (χ1v) is 8.50. The van der Waals surface area contributed by atoms with Gasteiger partial charge in [-0.2, -0.15) is 0 Å². The molecule has 1 aliphatic carbocycles. The Labute approximate surface area is 156 Å². The average molecular weight is 378 g/mol. The quantitative estimate of drug-likeness (QED) is 0.730. The predicted molar refractivity (Wildman–Crippen MR) is 100 cm³/mol. The number of carbonyl (C=O) groups is 1. The van der Waals surface area contributed by atoms with Crippen molar-refractivity contribution in [2.75, 3.05) is 32.7 Å². The van der Waals surface area contributed by atoms with Crippen LogP contribution >= 0.6 is 24.8 Å². The van der Waals surface area contributed by atoms with Crippen molar-refractivity contribution in [1.82, 2.24) is 15.5 Å². The van der Waals surface area contributed by atoms with Crippen LogP contribution in [-0.2, 0) is 4.79 Å². The molecule has 2 heterocycles. The molecule has 3 rings (SSSR count). The fraction of sp³-hybridized carbons (Fsp3) is 0.706. The molecule has 2 N–H and O–H groups in total. The summed E-state index contributed by atoms with van der Waals surface area (Å²) in [6.07, 6.45) is 5.08. The summed E-state index contributed by atoms with van der Waals surface area (Å²) in [6.45, 7) is 6.14. The van der Waals surface area contributed by atoms with E-state index in [0.29, 0.717) is 13.1 Å². The zero-order valence-electron chi connectivity index (χ0n) is 14.3. The minimum Gasteiger partial charge on any atom is -0.465 e. The summed E-state index contributed by atoms with van der Waals surface area (Å²) >= 11 is 0. The summed E-state index contributed by atoms with van der Waals surface area (Å²) in [5.74, 6) is 2.77. The Kier molecular flexibility index (Phi) is 9.13. The van der Waals surface area contributed by atoms with E-state index in [2.05, 4.69) is 15.5 Å². The Morgan fingerprint density at radius 3 is 2.58 bits per heavy atom. The van der Waals surface area contributed by atoms with E-state index in [-0.39, 0.29) is 36.8 Å². The molecule has 0 bridgehead atoms. The number of likely N-dealkylation sites (tertiary alicyclic amines) is 1. The Hall–Kier alpha value is -0.750. The number of rotatable bonds is 8. The standard InChI is InChI=1S/C17H27N3O2.2ClH/c1-13-4-7-16(22-13)15(20-8-2-3-9-20)11-19-17(21)12-18-10-14-5-6-14;;/h4,7,14-15,18H,2-3,5-6,8-12H2,1H3,(H,19,21);2*1H. The van der Waals surface area contributed by atoms with Gasteiger partial charge in [0.25, 0.3) is 0 Å². The molecular weight excluding hydrogens is 349 g/mol. The topological polar surface area (TPSA) is 57.5 Å². The molecule has 2 aliphatic rings. The van der Waals surface area contributed by atoms with Gasteiger partial charge < -0.3 is 15.1 Å². The third-order valence-corrected chi connectivity index (χ3v) is 4.58. The monoisotopic (exact) mass is 377 g/mol. The van der Waals surface area contributed by atoms with Crippen molar-refractivity contribution in [3.05, 3.63) is 23.7 Å². The minimum absolute atomic E-state index is 0. The Balaban J connectivity index is 0.00000144.